The first-order valence-electron chi connectivity index (χ1n) is 12.1. The summed E-state index contributed by atoms with van der Waals surface area (Å²) < 4.78 is 1.45. The van der Waals surface area contributed by atoms with Crippen LogP contribution in [0.2, 0.25) is 0 Å². The lowest BCUT2D eigenvalue weighted by molar-refractivity contribution is -0.138. The minimum Gasteiger partial charge on any atom is -0.480 e. The van der Waals surface area contributed by atoms with Gasteiger partial charge < -0.3 is 10.8 Å². The SMILES string of the molecule is CCCCCCCCCCCCCCCCCC(=O)n1cncc1CC(N)C(=O)O. The summed E-state index contributed by atoms with van der Waals surface area (Å²) >= 11 is 0. The number of hydrogen-bond acceptors (Lipinski definition) is 4. The first-order chi connectivity index (χ1) is 14.6. The molecule has 0 aliphatic heterocycles. The van der Waals surface area contributed by atoms with Gasteiger partial charge in [0.25, 0.3) is 0 Å². The van der Waals surface area contributed by atoms with Crippen LogP contribution in [0.1, 0.15) is 120 Å². The summed E-state index contributed by atoms with van der Waals surface area (Å²) in [6.07, 6.45) is 23.0. The van der Waals surface area contributed by atoms with Gasteiger partial charge in [-0.25, -0.2) is 4.98 Å². The Morgan fingerprint density at radius 1 is 0.900 bits per heavy atom. The lowest BCUT2D eigenvalue weighted by Gasteiger charge is -2.09. The Labute approximate surface area is 182 Å². The lowest BCUT2D eigenvalue weighted by Crippen LogP contribution is -2.33. The maximum atomic E-state index is 12.3. The second-order valence-corrected chi connectivity index (χ2v) is 8.50. The number of aromatic nitrogens is 2. The molecule has 0 fully saturated rings. The van der Waals surface area contributed by atoms with E-state index in [0.717, 1.165) is 12.8 Å². The Kier molecular flexibility index (Phi) is 15.0. The van der Waals surface area contributed by atoms with Crippen molar-refractivity contribution in [1.29, 1.82) is 0 Å². The van der Waals surface area contributed by atoms with Crippen molar-refractivity contribution in [3.63, 3.8) is 0 Å². The molecule has 172 valence electrons. The Hall–Kier alpha value is -1.69. The number of carboxylic acid groups (broad SMARTS) is 1. The third-order valence-electron chi connectivity index (χ3n) is 5.72. The van der Waals surface area contributed by atoms with Gasteiger partial charge in [-0.3, -0.25) is 14.2 Å². The van der Waals surface area contributed by atoms with Crippen LogP contribution >= 0.6 is 0 Å². The Morgan fingerprint density at radius 3 is 1.83 bits per heavy atom. The van der Waals surface area contributed by atoms with Crippen LogP contribution in [-0.4, -0.2) is 32.6 Å². The molecule has 0 spiro atoms. The highest BCUT2D eigenvalue weighted by molar-refractivity contribution is 5.80. The smallest absolute Gasteiger partial charge is 0.320 e. The summed E-state index contributed by atoms with van der Waals surface area (Å²) in [5, 5.41) is 8.92. The van der Waals surface area contributed by atoms with Crippen molar-refractivity contribution in [3.05, 3.63) is 18.2 Å². The third kappa shape index (κ3) is 12.1. The molecular formula is C24H43N3O3. The molecule has 1 heterocycles. The molecule has 1 rings (SSSR count). The molecule has 0 saturated carbocycles. The summed E-state index contributed by atoms with van der Waals surface area (Å²) in [5.74, 6) is -1.10. The van der Waals surface area contributed by atoms with E-state index in [4.69, 9.17) is 10.8 Å². The summed E-state index contributed by atoms with van der Waals surface area (Å²) in [4.78, 5) is 27.2. The van der Waals surface area contributed by atoms with Crippen LogP contribution in [0.25, 0.3) is 0 Å². The van der Waals surface area contributed by atoms with Gasteiger partial charge in [0.2, 0.25) is 5.91 Å². The predicted molar refractivity (Wildman–Crippen MR) is 122 cm³/mol. The van der Waals surface area contributed by atoms with E-state index in [1.807, 2.05) is 0 Å². The van der Waals surface area contributed by atoms with Crippen LogP contribution in [0.4, 0.5) is 0 Å². The van der Waals surface area contributed by atoms with Crippen molar-refractivity contribution in [1.82, 2.24) is 9.55 Å². The minimum atomic E-state index is -1.07. The number of hydrogen-bond donors (Lipinski definition) is 2. The average molecular weight is 422 g/mol. The predicted octanol–water partition coefficient (Wildman–Crippen LogP) is 5.74. The molecule has 0 aliphatic carbocycles. The van der Waals surface area contributed by atoms with Crippen LogP contribution < -0.4 is 5.73 Å². The van der Waals surface area contributed by atoms with Crippen molar-refractivity contribution < 1.29 is 14.7 Å². The van der Waals surface area contributed by atoms with Gasteiger partial charge >= 0.3 is 5.97 Å². The maximum absolute atomic E-state index is 12.3. The summed E-state index contributed by atoms with van der Waals surface area (Å²) in [5.41, 5.74) is 6.13. The molecule has 0 amide bonds. The van der Waals surface area contributed by atoms with E-state index < -0.39 is 12.0 Å². The molecule has 6 heteroatoms. The monoisotopic (exact) mass is 421 g/mol. The summed E-state index contributed by atoms with van der Waals surface area (Å²) in [6, 6.07) is -1.01. The summed E-state index contributed by atoms with van der Waals surface area (Å²) in [7, 11) is 0. The third-order valence-corrected chi connectivity index (χ3v) is 5.72. The van der Waals surface area contributed by atoms with Crippen LogP contribution in [-0.2, 0) is 11.2 Å². The fourth-order valence-electron chi connectivity index (χ4n) is 3.78. The molecule has 1 aromatic heterocycles. The number of carbonyl (C=O) groups is 2. The zero-order valence-electron chi connectivity index (χ0n) is 19.0. The Morgan fingerprint density at radius 2 is 1.37 bits per heavy atom. The molecule has 1 atom stereocenters. The standard InChI is InChI=1S/C24H43N3O3/c1-2-3-4-5-6-7-8-9-10-11-12-13-14-15-16-17-23(28)27-20-26-19-21(27)18-22(25)24(29)30/h19-20,22H,2-18,25H2,1H3,(H,29,30). The number of unbranched alkanes of at least 4 members (excludes halogenated alkanes) is 14. The topological polar surface area (TPSA) is 98.2 Å². The van der Waals surface area contributed by atoms with Gasteiger partial charge in [0.05, 0.1) is 0 Å². The largest absolute Gasteiger partial charge is 0.480 e. The molecule has 1 aromatic rings. The van der Waals surface area contributed by atoms with E-state index >= 15 is 0 Å². The van der Waals surface area contributed by atoms with Crippen LogP contribution in [0.3, 0.4) is 0 Å². The maximum Gasteiger partial charge on any atom is 0.320 e. The summed E-state index contributed by atoms with van der Waals surface area (Å²) in [6.45, 7) is 2.26. The van der Waals surface area contributed by atoms with Crippen LogP contribution in [0.15, 0.2) is 12.5 Å². The van der Waals surface area contributed by atoms with Crippen molar-refractivity contribution in [2.24, 2.45) is 5.73 Å². The highest BCUT2D eigenvalue weighted by Crippen LogP contribution is 2.14. The highest BCUT2D eigenvalue weighted by Gasteiger charge is 2.17. The van der Waals surface area contributed by atoms with Gasteiger partial charge in [0, 0.05) is 24.7 Å². The van der Waals surface area contributed by atoms with Crippen LogP contribution in [0, 0.1) is 0 Å². The number of imidazole rings is 1. The molecule has 0 bridgehead atoms. The van der Waals surface area contributed by atoms with E-state index in [1.165, 1.54) is 101 Å². The fourth-order valence-corrected chi connectivity index (χ4v) is 3.78. The van der Waals surface area contributed by atoms with E-state index in [-0.39, 0.29) is 12.3 Å². The fraction of sp³-hybridized carbons (Fsp3) is 0.792. The molecule has 1 unspecified atom stereocenters. The molecule has 0 saturated heterocycles. The van der Waals surface area contributed by atoms with Gasteiger partial charge in [-0.15, -0.1) is 0 Å². The van der Waals surface area contributed by atoms with E-state index in [1.54, 1.807) is 0 Å². The second-order valence-electron chi connectivity index (χ2n) is 8.50. The molecule has 3 N–H and O–H groups in total. The number of carboxylic acids is 1. The van der Waals surface area contributed by atoms with Crippen molar-refractivity contribution in [3.8, 4) is 0 Å². The minimum absolute atomic E-state index is 0.0326. The van der Waals surface area contributed by atoms with Crippen LogP contribution in [0.5, 0.6) is 0 Å². The molecule has 30 heavy (non-hydrogen) atoms. The normalized spacial score (nSPS) is 12.2. The van der Waals surface area contributed by atoms with E-state index in [0.29, 0.717) is 12.1 Å². The number of carbonyl (C=O) groups excluding carboxylic acids is 1. The quantitative estimate of drug-likeness (QED) is 0.278. The Balaban J connectivity index is 1.98. The highest BCUT2D eigenvalue weighted by atomic mass is 16.4. The first-order valence-corrected chi connectivity index (χ1v) is 12.1. The first kappa shape index (κ1) is 26.3. The number of rotatable bonds is 19. The second kappa shape index (κ2) is 17.0. The number of nitrogens with two attached hydrogens (primary N) is 1. The van der Waals surface area contributed by atoms with Crippen molar-refractivity contribution >= 4 is 11.9 Å². The molecule has 6 nitrogen and oxygen atoms in total. The lowest BCUT2D eigenvalue weighted by atomic mass is 10.0. The molecular weight excluding hydrogens is 378 g/mol. The van der Waals surface area contributed by atoms with Gasteiger partial charge in [-0.1, -0.05) is 96.8 Å². The van der Waals surface area contributed by atoms with Crippen molar-refractivity contribution in [2.45, 2.75) is 122 Å². The van der Waals surface area contributed by atoms with Gasteiger partial charge in [0.15, 0.2) is 0 Å². The van der Waals surface area contributed by atoms with E-state index in [2.05, 4.69) is 11.9 Å². The number of nitrogens with zero attached hydrogens (tertiary/aromatic N) is 2. The molecule has 0 aromatic carbocycles. The van der Waals surface area contributed by atoms with Gasteiger partial charge in [-0.05, 0) is 6.42 Å². The number of aliphatic carboxylic acids is 1. The Bertz CT molecular complexity index is 586. The average Bonchev–Trinajstić information content (AvgIpc) is 3.18. The van der Waals surface area contributed by atoms with Gasteiger partial charge in [-0.2, -0.15) is 0 Å². The van der Waals surface area contributed by atoms with Crippen molar-refractivity contribution in [2.75, 3.05) is 0 Å². The molecule has 0 radical (unpaired) electrons. The van der Waals surface area contributed by atoms with Gasteiger partial charge in [0.1, 0.15) is 12.4 Å². The molecule has 0 aliphatic rings. The van der Waals surface area contributed by atoms with E-state index in [9.17, 15) is 9.59 Å². The zero-order valence-corrected chi connectivity index (χ0v) is 19.0. The zero-order chi connectivity index (χ0) is 22.0.